The second kappa shape index (κ2) is 10.7. The van der Waals surface area contributed by atoms with Gasteiger partial charge in [0.2, 0.25) is 0 Å². The fourth-order valence-corrected chi connectivity index (χ4v) is 1.57. The summed E-state index contributed by atoms with van der Waals surface area (Å²) >= 11 is 0. The van der Waals surface area contributed by atoms with E-state index in [2.05, 4.69) is 6.92 Å². The van der Waals surface area contributed by atoms with Crippen molar-refractivity contribution in [1.29, 1.82) is 0 Å². The Morgan fingerprint density at radius 3 is 2.44 bits per heavy atom. The number of unbranched alkanes of at least 4 members (excludes halogenated alkanes) is 2. The van der Waals surface area contributed by atoms with Gasteiger partial charge in [-0.15, -0.1) is 0 Å². The Balaban J connectivity index is 3.47. The molecular formula is C13H24O3. The predicted molar refractivity (Wildman–Crippen MR) is 64.2 cm³/mol. The summed E-state index contributed by atoms with van der Waals surface area (Å²) in [6.45, 7) is 4.38. The van der Waals surface area contributed by atoms with Gasteiger partial charge in [0.1, 0.15) is 6.29 Å². The number of aldehydes is 1. The number of carbonyl (C=O) groups excluding carboxylic acids is 2. The van der Waals surface area contributed by atoms with Crippen LogP contribution in [-0.2, 0) is 14.3 Å². The molecule has 3 heteroatoms. The molecule has 0 aliphatic rings. The van der Waals surface area contributed by atoms with Gasteiger partial charge < -0.3 is 9.53 Å². The van der Waals surface area contributed by atoms with Gasteiger partial charge in [-0.2, -0.15) is 0 Å². The van der Waals surface area contributed by atoms with Gasteiger partial charge in [0.25, 0.3) is 0 Å². The first-order chi connectivity index (χ1) is 7.74. The Kier molecular flexibility index (Phi) is 10.1. The lowest BCUT2D eigenvalue weighted by Gasteiger charge is -2.09. The molecule has 0 saturated carbocycles. The smallest absolute Gasteiger partial charge is 0.305 e. The quantitative estimate of drug-likeness (QED) is 0.328. The summed E-state index contributed by atoms with van der Waals surface area (Å²) in [7, 11) is 0. The Hall–Kier alpha value is -0.860. The molecule has 1 unspecified atom stereocenters. The van der Waals surface area contributed by atoms with E-state index in [4.69, 9.17) is 4.74 Å². The van der Waals surface area contributed by atoms with E-state index in [0.29, 0.717) is 13.0 Å². The van der Waals surface area contributed by atoms with Gasteiger partial charge >= 0.3 is 5.97 Å². The van der Waals surface area contributed by atoms with Crippen molar-refractivity contribution in [3.05, 3.63) is 0 Å². The summed E-state index contributed by atoms with van der Waals surface area (Å²) in [5.41, 5.74) is 0. The van der Waals surface area contributed by atoms with Crippen LogP contribution in [0.15, 0.2) is 0 Å². The topological polar surface area (TPSA) is 43.4 Å². The van der Waals surface area contributed by atoms with Gasteiger partial charge in [-0.25, -0.2) is 0 Å². The van der Waals surface area contributed by atoms with E-state index in [1.807, 2.05) is 0 Å². The molecule has 0 rings (SSSR count). The molecule has 0 saturated heterocycles. The first kappa shape index (κ1) is 15.1. The molecular weight excluding hydrogens is 204 g/mol. The molecule has 0 N–H and O–H groups in total. The van der Waals surface area contributed by atoms with Crippen LogP contribution in [0.4, 0.5) is 0 Å². The summed E-state index contributed by atoms with van der Waals surface area (Å²) < 4.78 is 4.96. The zero-order valence-electron chi connectivity index (χ0n) is 10.5. The molecule has 0 aromatic rings. The van der Waals surface area contributed by atoms with E-state index >= 15 is 0 Å². The van der Waals surface area contributed by atoms with Gasteiger partial charge in [-0.1, -0.05) is 33.1 Å². The van der Waals surface area contributed by atoms with Crippen LogP contribution in [0.5, 0.6) is 0 Å². The number of carbonyl (C=O) groups is 2. The van der Waals surface area contributed by atoms with Crippen molar-refractivity contribution in [1.82, 2.24) is 0 Å². The molecule has 0 aromatic carbocycles. The highest BCUT2D eigenvalue weighted by atomic mass is 16.5. The average Bonchev–Trinajstić information content (AvgIpc) is 2.31. The molecule has 0 aliphatic heterocycles. The Labute approximate surface area is 98.6 Å². The number of rotatable bonds is 10. The van der Waals surface area contributed by atoms with Gasteiger partial charge in [0.15, 0.2) is 0 Å². The van der Waals surface area contributed by atoms with Gasteiger partial charge in [0.05, 0.1) is 6.61 Å². The van der Waals surface area contributed by atoms with E-state index < -0.39 is 0 Å². The lowest BCUT2D eigenvalue weighted by atomic mass is 9.98. The van der Waals surface area contributed by atoms with E-state index in [1.165, 1.54) is 12.8 Å². The van der Waals surface area contributed by atoms with Crippen LogP contribution in [0.25, 0.3) is 0 Å². The van der Waals surface area contributed by atoms with Gasteiger partial charge in [0, 0.05) is 12.3 Å². The third kappa shape index (κ3) is 8.45. The zero-order chi connectivity index (χ0) is 12.2. The van der Waals surface area contributed by atoms with Crippen LogP contribution in [0.2, 0.25) is 0 Å². The summed E-state index contributed by atoms with van der Waals surface area (Å²) in [6.07, 6.45) is 7.55. The van der Waals surface area contributed by atoms with E-state index in [0.717, 1.165) is 32.0 Å². The zero-order valence-corrected chi connectivity index (χ0v) is 10.5. The van der Waals surface area contributed by atoms with Crippen molar-refractivity contribution >= 4 is 12.3 Å². The van der Waals surface area contributed by atoms with Crippen molar-refractivity contribution in [3.63, 3.8) is 0 Å². The second-order valence-electron chi connectivity index (χ2n) is 4.11. The first-order valence-corrected chi connectivity index (χ1v) is 6.35. The van der Waals surface area contributed by atoms with Gasteiger partial charge in [-0.3, -0.25) is 4.79 Å². The highest BCUT2D eigenvalue weighted by molar-refractivity contribution is 5.68. The molecule has 0 aromatic heterocycles. The number of esters is 1. The molecule has 1 atom stereocenters. The SMILES string of the molecule is CCCCCC(C=O)CCCOC(=O)CC. The Morgan fingerprint density at radius 2 is 1.88 bits per heavy atom. The molecule has 0 aliphatic carbocycles. The van der Waals surface area contributed by atoms with Crippen molar-refractivity contribution in [2.45, 2.75) is 58.8 Å². The minimum atomic E-state index is -0.159. The third-order valence-corrected chi connectivity index (χ3v) is 2.64. The lowest BCUT2D eigenvalue weighted by Crippen LogP contribution is -2.07. The molecule has 0 spiro atoms. The van der Waals surface area contributed by atoms with Crippen LogP contribution in [0.3, 0.4) is 0 Å². The van der Waals surface area contributed by atoms with Crippen molar-refractivity contribution in [2.75, 3.05) is 6.61 Å². The maximum absolute atomic E-state index is 10.8. The van der Waals surface area contributed by atoms with Crippen LogP contribution in [-0.4, -0.2) is 18.9 Å². The van der Waals surface area contributed by atoms with Crippen LogP contribution >= 0.6 is 0 Å². The molecule has 0 heterocycles. The van der Waals surface area contributed by atoms with Gasteiger partial charge in [-0.05, 0) is 19.3 Å². The van der Waals surface area contributed by atoms with Crippen LogP contribution in [0.1, 0.15) is 58.8 Å². The maximum Gasteiger partial charge on any atom is 0.305 e. The monoisotopic (exact) mass is 228 g/mol. The highest BCUT2D eigenvalue weighted by Crippen LogP contribution is 2.13. The molecule has 94 valence electrons. The largest absolute Gasteiger partial charge is 0.466 e. The average molecular weight is 228 g/mol. The summed E-state index contributed by atoms with van der Waals surface area (Å²) in [6, 6.07) is 0. The van der Waals surface area contributed by atoms with E-state index in [9.17, 15) is 9.59 Å². The molecule has 0 fully saturated rings. The van der Waals surface area contributed by atoms with Crippen molar-refractivity contribution in [2.24, 2.45) is 5.92 Å². The number of hydrogen-bond donors (Lipinski definition) is 0. The molecule has 3 nitrogen and oxygen atoms in total. The molecule has 0 radical (unpaired) electrons. The summed E-state index contributed by atoms with van der Waals surface area (Å²) in [5, 5.41) is 0. The highest BCUT2D eigenvalue weighted by Gasteiger charge is 2.07. The van der Waals surface area contributed by atoms with Crippen molar-refractivity contribution in [3.8, 4) is 0 Å². The standard InChI is InChI=1S/C13H24O3/c1-3-5-6-8-12(11-14)9-7-10-16-13(15)4-2/h11-12H,3-10H2,1-2H3. The second-order valence-corrected chi connectivity index (χ2v) is 4.11. The third-order valence-electron chi connectivity index (χ3n) is 2.64. The summed E-state index contributed by atoms with van der Waals surface area (Å²) in [5.74, 6) is -0.0134. The fourth-order valence-electron chi connectivity index (χ4n) is 1.57. The van der Waals surface area contributed by atoms with E-state index in [-0.39, 0.29) is 11.9 Å². The summed E-state index contributed by atoms with van der Waals surface area (Å²) in [4.78, 5) is 21.6. The first-order valence-electron chi connectivity index (χ1n) is 6.35. The normalized spacial score (nSPS) is 12.1. The maximum atomic E-state index is 10.8. The minimum Gasteiger partial charge on any atom is -0.466 e. The molecule has 0 bridgehead atoms. The van der Waals surface area contributed by atoms with Crippen LogP contribution < -0.4 is 0 Å². The Morgan fingerprint density at radius 1 is 1.19 bits per heavy atom. The molecule has 16 heavy (non-hydrogen) atoms. The van der Waals surface area contributed by atoms with Crippen molar-refractivity contribution < 1.29 is 14.3 Å². The molecule has 0 amide bonds. The lowest BCUT2D eigenvalue weighted by molar-refractivity contribution is -0.143. The van der Waals surface area contributed by atoms with E-state index in [1.54, 1.807) is 6.92 Å². The Bertz CT molecular complexity index is 190. The predicted octanol–water partition coefficient (Wildman–Crippen LogP) is 3.12. The van der Waals surface area contributed by atoms with Crippen LogP contribution in [0, 0.1) is 5.92 Å². The number of ether oxygens (including phenoxy) is 1. The number of hydrogen-bond acceptors (Lipinski definition) is 3. The fraction of sp³-hybridized carbons (Fsp3) is 0.846. The minimum absolute atomic E-state index is 0.145.